The maximum Gasteiger partial charge on any atom is 0.270 e. The summed E-state index contributed by atoms with van der Waals surface area (Å²) in [6, 6.07) is 20.2. The van der Waals surface area contributed by atoms with E-state index in [0.29, 0.717) is 52.0 Å². The molecule has 384 valence electrons. The Kier molecular flexibility index (Phi) is 22.2. The molecule has 0 unspecified atom stereocenters. The number of aliphatic hydroxyl groups excluding tert-OH is 4. The highest BCUT2D eigenvalue weighted by molar-refractivity contribution is 7.93. The molecular weight excluding hydrogens is 1010 g/mol. The monoisotopic (exact) mass is 1060 g/mol. The molecule has 0 bridgehead atoms. The van der Waals surface area contributed by atoms with Crippen LogP contribution in [0.25, 0.3) is 22.5 Å². The molecule has 0 saturated heterocycles. The number of aromatic nitrogens is 2. The van der Waals surface area contributed by atoms with Crippen LogP contribution in [-0.2, 0) is 26.6 Å². The van der Waals surface area contributed by atoms with Gasteiger partial charge in [-0.25, -0.2) is 26.8 Å². The number of thiazole rings is 2. The summed E-state index contributed by atoms with van der Waals surface area (Å²) in [5, 5.41) is 61.8. The first-order chi connectivity index (χ1) is 34.0. The summed E-state index contributed by atoms with van der Waals surface area (Å²) in [6.45, 7) is 1.88. The van der Waals surface area contributed by atoms with Gasteiger partial charge in [-0.3, -0.25) is 34.6 Å². The number of hydrogen-bond donors (Lipinski definition) is 7. The number of rotatable bonds is 24. The highest BCUT2D eigenvalue weighted by Gasteiger charge is 2.24. The van der Waals surface area contributed by atoms with Crippen LogP contribution in [-0.4, -0.2) is 143 Å². The van der Waals surface area contributed by atoms with Crippen molar-refractivity contribution in [2.45, 2.75) is 16.3 Å². The maximum absolute atomic E-state index is 13.1. The van der Waals surface area contributed by atoms with Crippen LogP contribution in [0.2, 0.25) is 0 Å². The first-order valence-corrected chi connectivity index (χ1v) is 25.4. The number of aliphatic hydroxyl groups is 4. The van der Waals surface area contributed by atoms with Crippen LogP contribution < -0.4 is 33.7 Å². The van der Waals surface area contributed by atoms with E-state index in [2.05, 4.69) is 24.7 Å². The predicted molar refractivity (Wildman–Crippen MR) is 266 cm³/mol. The number of hydrogen-bond acceptors (Lipinski definition) is 22. The van der Waals surface area contributed by atoms with E-state index in [9.17, 15) is 47.3 Å². The third-order valence-electron chi connectivity index (χ3n) is 9.44. The lowest BCUT2D eigenvalue weighted by molar-refractivity contribution is -0.385. The van der Waals surface area contributed by atoms with Gasteiger partial charge in [-0.15, -0.1) is 11.3 Å². The third-order valence-corrected chi connectivity index (χ3v) is 14.1. The topological polar surface area (TPSA) is 338 Å². The Morgan fingerprint density at radius 2 is 1.10 bits per heavy atom. The standard InChI is InChI=1S/C22H26N4O8S2.C17H15N3O6S2.C4H11NO2/c1-33-18-7-6-17(13-19(18)34-2)36(31,32)24-22-23-21(15-4-3-5-16(12-15)26(29)30)20(35-22)14-25(8-10-27)9-11-28;1-25-15-7-6-13(9-16(15)26-2)28(23,24)19-17-18-14(10-27-17)11-4-3-5-12(8-11)20(21)22;6-3-1-5-2-4-7/h3-7,12-13,27-28H,8-11,14H2,1-2H3,(H,23,24);3-10H,1-2H3,(H,18,19);5-7H,1-4H2. The van der Waals surface area contributed by atoms with Gasteiger partial charge in [-0.2, -0.15) is 0 Å². The highest BCUT2D eigenvalue weighted by atomic mass is 32.2. The van der Waals surface area contributed by atoms with Crippen LogP contribution >= 0.6 is 22.7 Å². The quantitative estimate of drug-likeness (QED) is 0.0250. The molecule has 0 spiro atoms. The number of non-ortho nitro benzene ring substituents is 2. The van der Waals surface area contributed by atoms with E-state index >= 15 is 0 Å². The van der Waals surface area contributed by atoms with Crippen molar-refractivity contribution in [1.29, 1.82) is 0 Å². The number of benzene rings is 4. The highest BCUT2D eigenvalue weighted by Crippen LogP contribution is 2.37. The molecule has 0 aliphatic rings. The molecule has 2 heterocycles. The molecule has 2 aromatic heterocycles. The molecule has 0 atom stereocenters. The minimum Gasteiger partial charge on any atom is -0.493 e. The Labute approximate surface area is 416 Å². The number of nitro groups is 2. The van der Waals surface area contributed by atoms with Gasteiger partial charge in [0.1, 0.15) is 0 Å². The minimum absolute atomic E-state index is 0.0164. The minimum atomic E-state index is -4.07. The van der Waals surface area contributed by atoms with Crippen molar-refractivity contribution in [2.24, 2.45) is 0 Å². The Bertz CT molecular complexity index is 2910. The van der Waals surface area contributed by atoms with Crippen molar-refractivity contribution >= 4 is 64.4 Å². The van der Waals surface area contributed by atoms with Crippen molar-refractivity contribution in [3.05, 3.63) is 115 Å². The van der Waals surface area contributed by atoms with E-state index in [1.54, 1.807) is 28.5 Å². The summed E-state index contributed by atoms with van der Waals surface area (Å²) < 4.78 is 76.9. The lowest BCUT2D eigenvalue weighted by Crippen LogP contribution is -2.29. The van der Waals surface area contributed by atoms with Crippen molar-refractivity contribution in [3.8, 4) is 45.5 Å². The first-order valence-electron chi connectivity index (χ1n) is 20.8. The molecule has 24 nitrogen and oxygen atoms in total. The summed E-state index contributed by atoms with van der Waals surface area (Å²) >= 11 is 2.13. The zero-order chi connectivity index (χ0) is 52.1. The molecule has 28 heteroatoms. The van der Waals surface area contributed by atoms with Gasteiger partial charge in [-0.05, 0) is 24.3 Å². The molecule has 0 fully saturated rings. The molecule has 6 aromatic rings. The Balaban J connectivity index is 0.000000278. The van der Waals surface area contributed by atoms with Gasteiger partial charge in [0.2, 0.25) is 0 Å². The smallest absolute Gasteiger partial charge is 0.270 e. The second-order valence-electron chi connectivity index (χ2n) is 14.1. The van der Waals surface area contributed by atoms with Gasteiger partial charge in [0.25, 0.3) is 31.4 Å². The molecule has 0 aliphatic carbocycles. The molecule has 0 saturated carbocycles. The zero-order valence-electron chi connectivity index (χ0n) is 38.6. The second-order valence-corrected chi connectivity index (χ2v) is 19.4. The normalized spacial score (nSPS) is 11.1. The number of ether oxygens (including phenoxy) is 4. The molecule has 0 radical (unpaired) electrons. The van der Waals surface area contributed by atoms with Crippen molar-refractivity contribution in [2.75, 3.05) is 90.5 Å². The molecule has 71 heavy (non-hydrogen) atoms. The first kappa shape index (κ1) is 57.0. The molecule has 6 rings (SSSR count). The maximum atomic E-state index is 13.1. The molecule has 4 aromatic carbocycles. The SMILES string of the molecule is COc1ccc(S(=O)(=O)Nc2nc(-c3cccc([N+](=O)[O-])c3)c(CN(CCO)CCO)s2)cc1OC.COc1ccc(S(=O)(=O)Nc2nc(-c3cccc([N+](=O)[O-])c3)cs2)cc1OC.OCCNCCO. The van der Waals surface area contributed by atoms with E-state index in [0.717, 1.165) is 22.7 Å². The summed E-state index contributed by atoms with van der Waals surface area (Å²) in [5.41, 5.74) is 1.52. The van der Waals surface area contributed by atoms with E-state index in [4.69, 9.17) is 29.2 Å². The number of anilines is 2. The van der Waals surface area contributed by atoms with Gasteiger partial charge in [0, 0.05) is 90.5 Å². The molecule has 0 aliphatic heterocycles. The van der Waals surface area contributed by atoms with Crippen molar-refractivity contribution in [1.82, 2.24) is 20.2 Å². The van der Waals surface area contributed by atoms with Gasteiger partial charge in [-0.1, -0.05) is 35.6 Å². The van der Waals surface area contributed by atoms with Crippen LogP contribution in [0.5, 0.6) is 23.0 Å². The Morgan fingerprint density at radius 3 is 1.56 bits per heavy atom. The number of nitrogens with zero attached hydrogens (tertiary/aromatic N) is 5. The fourth-order valence-corrected chi connectivity index (χ4v) is 10.3. The summed E-state index contributed by atoms with van der Waals surface area (Å²) in [7, 11) is -2.28. The lowest BCUT2D eigenvalue weighted by atomic mass is 10.1. The second kappa shape index (κ2) is 27.7. The van der Waals surface area contributed by atoms with E-state index in [1.807, 2.05) is 0 Å². The van der Waals surface area contributed by atoms with Crippen LogP contribution in [0.15, 0.2) is 100 Å². The van der Waals surface area contributed by atoms with Gasteiger partial charge in [0.05, 0.1) is 85.9 Å². The number of nitro benzene ring substituents is 2. The number of methoxy groups -OCH3 is 4. The average molecular weight is 1070 g/mol. The van der Waals surface area contributed by atoms with Gasteiger partial charge < -0.3 is 44.7 Å². The van der Waals surface area contributed by atoms with Gasteiger partial charge in [0.15, 0.2) is 33.3 Å². The van der Waals surface area contributed by atoms with Crippen LogP contribution in [0.1, 0.15) is 4.88 Å². The van der Waals surface area contributed by atoms with Crippen LogP contribution in [0.4, 0.5) is 21.6 Å². The van der Waals surface area contributed by atoms with Crippen molar-refractivity contribution in [3.63, 3.8) is 0 Å². The molecule has 0 amide bonds. The molecular formula is C43H52N8O16S4. The van der Waals surface area contributed by atoms with E-state index < -0.39 is 29.9 Å². The summed E-state index contributed by atoms with van der Waals surface area (Å²) in [5.74, 6) is 1.29. The van der Waals surface area contributed by atoms with Crippen molar-refractivity contribution < 1.29 is 66.1 Å². The number of sulfonamides is 2. The van der Waals surface area contributed by atoms with E-state index in [-0.39, 0.29) is 89.0 Å². The summed E-state index contributed by atoms with van der Waals surface area (Å²) in [4.78, 5) is 32.1. The molecule has 7 N–H and O–H groups in total. The fraction of sp³-hybridized carbons (Fsp3) is 0.302. The average Bonchev–Trinajstić information content (AvgIpc) is 4.00. The third kappa shape index (κ3) is 16.5. The predicted octanol–water partition coefficient (Wildman–Crippen LogP) is 4.42. The number of nitrogens with one attached hydrogen (secondary N) is 3. The van der Waals surface area contributed by atoms with Gasteiger partial charge >= 0.3 is 0 Å². The van der Waals surface area contributed by atoms with Crippen LogP contribution in [0.3, 0.4) is 0 Å². The lowest BCUT2D eigenvalue weighted by Gasteiger charge is -2.19. The van der Waals surface area contributed by atoms with E-state index in [1.165, 1.54) is 95.2 Å². The summed E-state index contributed by atoms with van der Waals surface area (Å²) in [6.07, 6.45) is 0. The fourth-order valence-electron chi connectivity index (χ4n) is 6.08. The van der Waals surface area contributed by atoms with Crippen LogP contribution in [0, 0.1) is 20.2 Å². The zero-order valence-corrected chi connectivity index (χ0v) is 41.8. The Morgan fingerprint density at radius 1 is 0.620 bits per heavy atom. The Hall–Kier alpha value is -6.60. The largest absolute Gasteiger partial charge is 0.493 e.